The minimum absolute atomic E-state index is 0.978. The zero-order valence-electron chi connectivity index (χ0n) is 9.84. The van der Waals surface area contributed by atoms with Crippen LogP contribution in [0.15, 0.2) is 42.6 Å². The van der Waals surface area contributed by atoms with E-state index in [0.717, 1.165) is 16.7 Å². The van der Waals surface area contributed by atoms with Gasteiger partial charge in [-0.3, -0.25) is 4.98 Å². The van der Waals surface area contributed by atoms with E-state index in [2.05, 4.69) is 41.2 Å². The van der Waals surface area contributed by atoms with Crippen molar-refractivity contribution in [3.63, 3.8) is 0 Å². The molecule has 1 aromatic carbocycles. The molecular weight excluding hydrogens is 240 g/mol. The standard InChI is InChI=1S/C15H10N2S/c1-9-15-13(10-5-2-3-7-12(10)18-15)14-11(17-9)6-4-8-16-14/h2-8H,1H3. The second-order valence-corrected chi connectivity index (χ2v) is 5.42. The van der Waals surface area contributed by atoms with Crippen LogP contribution in [0.2, 0.25) is 0 Å². The largest absolute Gasteiger partial charge is 0.254 e. The van der Waals surface area contributed by atoms with Crippen LogP contribution in [0.1, 0.15) is 5.69 Å². The molecule has 0 N–H and O–H groups in total. The van der Waals surface area contributed by atoms with Crippen LogP contribution in [0.4, 0.5) is 0 Å². The van der Waals surface area contributed by atoms with Crippen molar-refractivity contribution in [2.75, 3.05) is 0 Å². The Hall–Kier alpha value is -2.00. The predicted octanol–water partition coefficient (Wildman–Crippen LogP) is 4.31. The second-order valence-electron chi connectivity index (χ2n) is 4.37. The van der Waals surface area contributed by atoms with Crippen molar-refractivity contribution in [1.82, 2.24) is 9.97 Å². The molecule has 2 nitrogen and oxygen atoms in total. The summed E-state index contributed by atoms with van der Waals surface area (Å²) >= 11 is 1.80. The maximum absolute atomic E-state index is 4.65. The van der Waals surface area contributed by atoms with Gasteiger partial charge in [0.25, 0.3) is 0 Å². The molecule has 0 aliphatic carbocycles. The van der Waals surface area contributed by atoms with Gasteiger partial charge in [-0.15, -0.1) is 11.3 Å². The van der Waals surface area contributed by atoms with Crippen LogP contribution in [0.25, 0.3) is 31.2 Å². The predicted molar refractivity (Wildman–Crippen MR) is 77.2 cm³/mol. The minimum atomic E-state index is 0.978. The summed E-state index contributed by atoms with van der Waals surface area (Å²) in [6, 6.07) is 12.5. The SMILES string of the molecule is Cc1nc2cccnc2c2c1sc1ccccc12. The highest BCUT2D eigenvalue weighted by Crippen LogP contribution is 2.38. The number of rotatable bonds is 0. The first-order valence-electron chi connectivity index (χ1n) is 5.87. The molecule has 0 aliphatic rings. The lowest BCUT2D eigenvalue weighted by atomic mass is 10.1. The topological polar surface area (TPSA) is 25.8 Å². The number of hydrogen-bond donors (Lipinski definition) is 0. The number of nitrogens with zero attached hydrogens (tertiary/aromatic N) is 2. The summed E-state index contributed by atoms with van der Waals surface area (Å²) in [5, 5.41) is 2.53. The van der Waals surface area contributed by atoms with Gasteiger partial charge in [-0.25, -0.2) is 4.98 Å². The summed E-state index contributed by atoms with van der Waals surface area (Å²) in [5.74, 6) is 0. The Bertz CT molecular complexity index is 893. The molecule has 3 aromatic heterocycles. The summed E-state index contributed by atoms with van der Waals surface area (Å²) in [5.41, 5.74) is 3.08. The van der Waals surface area contributed by atoms with E-state index in [1.165, 1.54) is 20.2 Å². The lowest BCUT2D eigenvalue weighted by Gasteiger charge is -2.01. The third kappa shape index (κ3) is 1.22. The lowest BCUT2D eigenvalue weighted by Crippen LogP contribution is -1.86. The molecule has 3 heterocycles. The van der Waals surface area contributed by atoms with Gasteiger partial charge in [0.05, 0.1) is 21.4 Å². The molecule has 4 aromatic rings. The van der Waals surface area contributed by atoms with Crippen molar-refractivity contribution in [2.24, 2.45) is 0 Å². The summed E-state index contributed by atoms with van der Waals surface area (Å²) in [6.45, 7) is 2.07. The van der Waals surface area contributed by atoms with Gasteiger partial charge in [-0.2, -0.15) is 0 Å². The third-order valence-electron chi connectivity index (χ3n) is 3.24. The zero-order valence-corrected chi connectivity index (χ0v) is 10.7. The first-order valence-corrected chi connectivity index (χ1v) is 6.69. The van der Waals surface area contributed by atoms with Crippen molar-refractivity contribution < 1.29 is 0 Å². The summed E-state index contributed by atoms with van der Waals surface area (Å²) in [4.78, 5) is 9.16. The molecule has 0 bridgehead atoms. The third-order valence-corrected chi connectivity index (χ3v) is 4.52. The average Bonchev–Trinajstić information content (AvgIpc) is 2.79. The Kier molecular flexibility index (Phi) is 1.94. The Morgan fingerprint density at radius 1 is 1.06 bits per heavy atom. The lowest BCUT2D eigenvalue weighted by molar-refractivity contribution is 1.28. The van der Waals surface area contributed by atoms with E-state index in [1.807, 2.05) is 18.3 Å². The summed E-state index contributed by atoms with van der Waals surface area (Å²) < 4.78 is 2.55. The van der Waals surface area contributed by atoms with Gasteiger partial charge >= 0.3 is 0 Å². The highest BCUT2D eigenvalue weighted by atomic mass is 32.1. The van der Waals surface area contributed by atoms with Gasteiger partial charge < -0.3 is 0 Å². The van der Waals surface area contributed by atoms with Crippen molar-refractivity contribution >= 4 is 42.5 Å². The monoisotopic (exact) mass is 250 g/mol. The summed E-state index contributed by atoms with van der Waals surface area (Å²) in [6.07, 6.45) is 1.84. The molecule has 18 heavy (non-hydrogen) atoms. The van der Waals surface area contributed by atoms with Crippen molar-refractivity contribution in [3.8, 4) is 0 Å². The van der Waals surface area contributed by atoms with Gasteiger partial charge in [-0.05, 0) is 25.1 Å². The number of thiophene rings is 1. The molecule has 0 atom stereocenters. The van der Waals surface area contributed by atoms with Gasteiger partial charge in [0.15, 0.2) is 0 Å². The van der Waals surface area contributed by atoms with Crippen molar-refractivity contribution in [2.45, 2.75) is 6.92 Å². The van der Waals surface area contributed by atoms with E-state index in [9.17, 15) is 0 Å². The molecular formula is C15H10N2S. The van der Waals surface area contributed by atoms with Crippen molar-refractivity contribution in [3.05, 3.63) is 48.3 Å². The number of aryl methyl sites for hydroxylation is 1. The molecule has 0 aliphatic heterocycles. The van der Waals surface area contributed by atoms with E-state index in [4.69, 9.17) is 0 Å². The van der Waals surface area contributed by atoms with Crippen LogP contribution in [0.5, 0.6) is 0 Å². The molecule has 0 radical (unpaired) electrons. The van der Waals surface area contributed by atoms with E-state index in [1.54, 1.807) is 11.3 Å². The van der Waals surface area contributed by atoms with Crippen LogP contribution in [-0.2, 0) is 0 Å². The number of aromatic nitrogens is 2. The molecule has 86 valence electrons. The Morgan fingerprint density at radius 2 is 1.94 bits per heavy atom. The van der Waals surface area contributed by atoms with Gasteiger partial charge in [-0.1, -0.05) is 18.2 Å². The Morgan fingerprint density at radius 3 is 2.89 bits per heavy atom. The Labute approximate surface area is 108 Å². The Balaban J connectivity index is 2.41. The molecule has 0 saturated carbocycles. The van der Waals surface area contributed by atoms with Crippen molar-refractivity contribution in [1.29, 1.82) is 0 Å². The number of fused-ring (bicyclic) bond motifs is 5. The van der Waals surface area contributed by atoms with E-state index in [0.29, 0.717) is 0 Å². The first kappa shape index (κ1) is 9.97. The average molecular weight is 250 g/mol. The zero-order chi connectivity index (χ0) is 12.1. The fraction of sp³-hybridized carbons (Fsp3) is 0.0667. The van der Waals surface area contributed by atoms with Gasteiger partial charge in [0.2, 0.25) is 0 Å². The molecule has 0 unspecified atom stereocenters. The second kappa shape index (κ2) is 3.50. The fourth-order valence-electron chi connectivity index (χ4n) is 2.45. The first-order chi connectivity index (χ1) is 8.84. The molecule has 0 spiro atoms. The maximum atomic E-state index is 4.65. The van der Waals surface area contributed by atoms with E-state index in [-0.39, 0.29) is 0 Å². The highest BCUT2D eigenvalue weighted by Gasteiger charge is 2.12. The van der Waals surface area contributed by atoms with Gasteiger partial charge in [0.1, 0.15) is 0 Å². The van der Waals surface area contributed by atoms with Crippen LogP contribution in [0, 0.1) is 6.92 Å². The molecule has 4 rings (SSSR count). The smallest absolute Gasteiger partial charge is 0.0979 e. The quantitative estimate of drug-likeness (QED) is 0.465. The minimum Gasteiger partial charge on any atom is -0.254 e. The van der Waals surface area contributed by atoms with Gasteiger partial charge in [0, 0.05) is 21.7 Å². The number of pyridine rings is 2. The van der Waals surface area contributed by atoms with Crippen LogP contribution >= 0.6 is 11.3 Å². The number of benzene rings is 1. The number of hydrogen-bond acceptors (Lipinski definition) is 3. The molecule has 0 amide bonds. The molecule has 0 saturated heterocycles. The molecule has 3 heteroatoms. The van der Waals surface area contributed by atoms with Crippen LogP contribution in [-0.4, -0.2) is 9.97 Å². The normalized spacial score (nSPS) is 11.6. The van der Waals surface area contributed by atoms with Crippen LogP contribution < -0.4 is 0 Å². The van der Waals surface area contributed by atoms with E-state index >= 15 is 0 Å². The molecule has 0 fully saturated rings. The fourth-order valence-corrected chi connectivity index (χ4v) is 3.60. The maximum Gasteiger partial charge on any atom is 0.0979 e. The summed E-state index contributed by atoms with van der Waals surface area (Å²) in [7, 11) is 0. The van der Waals surface area contributed by atoms with Crippen LogP contribution in [0.3, 0.4) is 0 Å². The highest BCUT2D eigenvalue weighted by molar-refractivity contribution is 7.26. The van der Waals surface area contributed by atoms with E-state index < -0.39 is 0 Å².